The summed E-state index contributed by atoms with van der Waals surface area (Å²) >= 11 is 0. The zero-order valence-corrected chi connectivity index (χ0v) is 30.2. The highest BCUT2D eigenvalue weighted by molar-refractivity contribution is 6.15. The molecule has 56 heavy (non-hydrogen) atoms. The average Bonchev–Trinajstić information content (AvgIpc) is 3.83. The number of para-hydroxylation sites is 3. The number of benzene rings is 8. The highest BCUT2D eigenvalue weighted by atomic mass is 16.3. The fourth-order valence-electron chi connectivity index (χ4n) is 8.03. The largest absolute Gasteiger partial charge is 0.454 e. The molecule has 3 aromatic heterocycles. The van der Waals surface area contributed by atoms with Crippen LogP contribution >= 0.6 is 0 Å². The lowest BCUT2D eigenvalue weighted by Gasteiger charge is -2.13. The number of hydrogen-bond acceptors (Lipinski definition) is 4. The second-order valence-electron chi connectivity index (χ2n) is 14.0. The third kappa shape index (κ3) is 5.29. The Morgan fingerprint density at radius 2 is 0.911 bits per heavy atom. The van der Waals surface area contributed by atoms with Crippen LogP contribution in [0.25, 0.3) is 106 Å². The van der Waals surface area contributed by atoms with Crippen molar-refractivity contribution in [2.45, 2.75) is 0 Å². The first-order valence-corrected chi connectivity index (χ1v) is 18.8. The Balaban J connectivity index is 1.17. The summed E-state index contributed by atoms with van der Waals surface area (Å²) in [7, 11) is 0. The number of aromatic nitrogens is 4. The standard InChI is InChI=1S/C51H32N4O/c1-4-15-33(16-5-1)36-21-12-22-38(31-36)50-52-49(35-19-8-3-9-20-35)53-51(54-50)42-26-13-24-40-39-23-10-11-27-44(39)55(47(40)42)45-28-14-25-41-43-32-37(34-17-6-2-7-18-34)29-30-46(43)56-48(41)45/h1-32H. The third-order valence-electron chi connectivity index (χ3n) is 10.7. The van der Waals surface area contributed by atoms with Gasteiger partial charge in [0.15, 0.2) is 23.1 Å². The van der Waals surface area contributed by atoms with Gasteiger partial charge in [-0.15, -0.1) is 0 Å². The summed E-state index contributed by atoms with van der Waals surface area (Å²) < 4.78 is 9.11. The van der Waals surface area contributed by atoms with Crippen molar-refractivity contribution >= 4 is 43.7 Å². The van der Waals surface area contributed by atoms with Gasteiger partial charge in [-0.25, -0.2) is 15.0 Å². The van der Waals surface area contributed by atoms with Gasteiger partial charge in [0.1, 0.15) is 5.58 Å². The van der Waals surface area contributed by atoms with Crippen LogP contribution in [0.5, 0.6) is 0 Å². The van der Waals surface area contributed by atoms with Crippen LogP contribution in [0, 0.1) is 0 Å². The maximum atomic E-state index is 6.78. The molecule has 8 aromatic carbocycles. The Morgan fingerprint density at radius 1 is 0.357 bits per heavy atom. The number of nitrogens with zero attached hydrogens (tertiary/aromatic N) is 4. The molecule has 0 bridgehead atoms. The molecule has 0 spiro atoms. The van der Waals surface area contributed by atoms with Crippen molar-refractivity contribution in [3.8, 4) is 62.1 Å². The average molecular weight is 717 g/mol. The van der Waals surface area contributed by atoms with E-state index < -0.39 is 0 Å². The molecule has 0 saturated heterocycles. The molecule has 0 radical (unpaired) electrons. The lowest BCUT2D eigenvalue weighted by molar-refractivity contribution is 0.666. The Morgan fingerprint density at radius 3 is 1.68 bits per heavy atom. The van der Waals surface area contributed by atoms with Gasteiger partial charge in [0.05, 0.1) is 16.7 Å². The fourth-order valence-corrected chi connectivity index (χ4v) is 8.03. The van der Waals surface area contributed by atoms with E-state index in [0.29, 0.717) is 17.5 Å². The maximum Gasteiger partial charge on any atom is 0.166 e. The minimum Gasteiger partial charge on any atom is -0.454 e. The Kier molecular flexibility index (Phi) is 7.42. The minimum atomic E-state index is 0.595. The number of hydrogen-bond donors (Lipinski definition) is 0. The first-order chi connectivity index (χ1) is 27.8. The predicted octanol–water partition coefficient (Wildman–Crippen LogP) is 13.2. The van der Waals surface area contributed by atoms with E-state index in [-0.39, 0.29) is 0 Å². The molecule has 0 saturated carbocycles. The lowest BCUT2D eigenvalue weighted by atomic mass is 10.0. The highest BCUT2D eigenvalue weighted by Gasteiger charge is 2.22. The molecule has 0 atom stereocenters. The monoisotopic (exact) mass is 716 g/mol. The van der Waals surface area contributed by atoms with Gasteiger partial charge in [-0.05, 0) is 58.7 Å². The van der Waals surface area contributed by atoms with Gasteiger partial charge in [0, 0.05) is 38.2 Å². The highest BCUT2D eigenvalue weighted by Crippen LogP contribution is 2.42. The fraction of sp³-hybridized carbons (Fsp3) is 0. The van der Waals surface area contributed by atoms with Gasteiger partial charge in [0.25, 0.3) is 0 Å². The van der Waals surface area contributed by atoms with Crippen molar-refractivity contribution in [3.63, 3.8) is 0 Å². The Hall–Kier alpha value is -7.63. The maximum absolute atomic E-state index is 6.78. The zero-order chi connectivity index (χ0) is 37.0. The van der Waals surface area contributed by atoms with Crippen LogP contribution in [0.4, 0.5) is 0 Å². The van der Waals surface area contributed by atoms with E-state index in [4.69, 9.17) is 19.4 Å². The molecule has 0 fully saturated rings. The molecule has 0 aliphatic heterocycles. The van der Waals surface area contributed by atoms with Crippen LogP contribution in [0.15, 0.2) is 199 Å². The number of furan rings is 1. The molecule has 0 aliphatic rings. The summed E-state index contributed by atoms with van der Waals surface area (Å²) in [6, 6.07) is 67.3. The SMILES string of the molecule is c1ccc(-c2cccc(-c3nc(-c4ccccc4)nc(-c4cccc5c6ccccc6n(-c6cccc7c6oc6ccc(-c8ccccc8)cc67)c45)n3)c2)cc1. The minimum absolute atomic E-state index is 0.595. The normalized spacial score (nSPS) is 11.6. The number of fused-ring (bicyclic) bond motifs is 6. The molecule has 5 heteroatoms. The van der Waals surface area contributed by atoms with Crippen molar-refractivity contribution in [1.29, 1.82) is 0 Å². The van der Waals surface area contributed by atoms with E-state index in [1.54, 1.807) is 0 Å². The van der Waals surface area contributed by atoms with Crippen molar-refractivity contribution < 1.29 is 4.42 Å². The van der Waals surface area contributed by atoms with Gasteiger partial charge in [-0.1, -0.05) is 158 Å². The quantitative estimate of drug-likeness (QED) is 0.172. The summed E-state index contributed by atoms with van der Waals surface area (Å²) in [5, 5.41) is 4.38. The Labute approximate surface area is 322 Å². The summed E-state index contributed by atoms with van der Waals surface area (Å²) in [5.74, 6) is 1.82. The number of rotatable bonds is 6. The van der Waals surface area contributed by atoms with Crippen LogP contribution in [-0.4, -0.2) is 19.5 Å². The van der Waals surface area contributed by atoms with Gasteiger partial charge in [0.2, 0.25) is 0 Å². The third-order valence-corrected chi connectivity index (χ3v) is 10.7. The van der Waals surface area contributed by atoms with E-state index >= 15 is 0 Å². The van der Waals surface area contributed by atoms with E-state index in [1.165, 1.54) is 5.56 Å². The van der Waals surface area contributed by atoms with Gasteiger partial charge < -0.3 is 8.98 Å². The van der Waals surface area contributed by atoms with Crippen molar-refractivity contribution in [2.24, 2.45) is 0 Å². The van der Waals surface area contributed by atoms with Crippen molar-refractivity contribution in [2.75, 3.05) is 0 Å². The van der Waals surface area contributed by atoms with Gasteiger partial charge in [-0.3, -0.25) is 0 Å². The van der Waals surface area contributed by atoms with Gasteiger partial charge >= 0.3 is 0 Å². The molecule has 0 amide bonds. The second-order valence-corrected chi connectivity index (χ2v) is 14.0. The molecule has 11 rings (SSSR count). The molecular weight excluding hydrogens is 685 g/mol. The van der Waals surface area contributed by atoms with E-state index in [2.05, 4.69) is 156 Å². The molecular formula is C51H32N4O. The van der Waals surface area contributed by atoms with Crippen LogP contribution in [0.1, 0.15) is 0 Å². The molecule has 5 nitrogen and oxygen atoms in total. The molecule has 11 aromatic rings. The molecule has 262 valence electrons. The van der Waals surface area contributed by atoms with Crippen LogP contribution < -0.4 is 0 Å². The van der Waals surface area contributed by atoms with Crippen LogP contribution in [-0.2, 0) is 0 Å². The summed E-state index contributed by atoms with van der Waals surface area (Å²) in [6.45, 7) is 0. The predicted molar refractivity (Wildman–Crippen MR) is 229 cm³/mol. The van der Waals surface area contributed by atoms with E-state index in [0.717, 1.165) is 82.8 Å². The van der Waals surface area contributed by atoms with E-state index in [1.807, 2.05) is 42.5 Å². The first kappa shape index (κ1) is 31.9. The van der Waals surface area contributed by atoms with Gasteiger partial charge in [-0.2, -0.15) is 0 Å². The molecule has 0 aliphatic carbocycles. The summed E-state index contributed by atoms with van der Waals surface area (Å²) in [5.41, 5.74) is 12.0. The molecule has 3 heterocycles. The summed E-state index contributed by atoms with van der Waals surface area (Å²) in [4.78, 5) is 15.6. The lowest BCUT2D eigenvalue weighted by Crippen LogP contribution is -2.02. The molecule has 0 unspecified atom stereocenters. The molecule has 0 N–H and O–H groups in total. The van der Waals surface area contributed by atoms with Crippen molar-refractivity contribution in [1.82, 2.24) is 19.5 Å². The summed E-state index contributed by atoms with van der Waals surface area (Å²) in [6.07, 6.45) is 0. The Bertz CT molecular complexity index is 3240. The van der Waals surface area contributed by atoms with E-state index in [9.17, 15) is 0 Å². The smallest absolute Gasteiger partial charge is 0.166 e. The second kappa shape index (κ2) is 13.0. The van der Waals surface area contributed by atoms with Crippen LogP contribution in [0.3, 0.4) is 0 Å². The van der Waals surface area contributed by atoms with Crippen LogP contribution in [0.2, 0.25) is 0 Å². The topological polar surface area (TPSA) is 56.7 Å². The van der Waals surface area contributed by atoms with Crippen molar-refractivity contribution in [3.05, 3.63) is 194 Å². The zero-order valence-electron chi connectivity index (χ0n) is 30.2. The first-order valence-electron chi connectivity index (χ1n) is 18.8.